The minimum absolute atomic E-state index is 0.148. The molecule has 0 aromatic carbocycles. The fourth-order valence-electron chi connectivity index (χ4n) is 1.71. The molecule has 16 heavy (non-hydrogen) atoms. The van der Waals surface area contributed by atoms with Gasteiger partial charge in [0.2, 0.25) is 5.91 Å². The summed E-state index contributed by atoms with van der Waals surface area (Å²) in [6.45, 7) is 8.70. The predicted octanol–water partition coefficient (Wildman–Crippen LogP) is 2.81. The number of aryl methyl sites for hydroxylation is 2. The van der Waals surface area contributed by atoms with Crippen LogP contribution >= 0.6 is 11.3 Å². The molecule has 1 rings (SSSR count). The molecule has 1 heterocycles. The van der Waals surface area contributed by atoms with Crippen molar-refractivity contribution in [3.63, 3.8) is 0 Å². The number of nitrogens with one attached hydrogen (secondary N) is 1. The first-order chi connectivity index (χ1) is 7.58. The van der Waals surface area contributed by atoms with Crippen LogP contribution in [0.15, 0.2) is 0 Å². The Kier molecular flexibility index (Phi) is 4.93. The molecule has 0 fully saturated rings. The SMILES string of the molecule is CCC(CC)C(=O)NCc1sc(C)nc1C. The van der Waals surface area contributed by atoms with Crippen LogP contribution in [0.5, 0.6) is 0 Å². The summed E-state index contributed by atoms with van der Waals surface area (Å²) in [4.78, 5) is 17.3. The standard InChI is InChI=1S/C12H20N2OS/c1-5-10(6-2)12(15)13-7-11-8(3)14-9(4)16-11/h10H,5-7H2,1-4H3,(H,13,15). The average molecular weight is 240 g/mol. The zero-order chi connectivity index (χ0) is 12.1. The molecule has 3 nitrogen and oxygen atoms in total. The van der Waals surface area contributed by atoms with Crippen LogP contribution in [0.4, 0.5) is 0 Å². The number of rotatable bonds is 5. The van der Waals surface area contributed by atoms with E-state index in [1.54, 1.807) is 11.3 Å². The highest BCUT2D eigenvalue weighted by Gasteiger charge is 2.14. The van der Waals surface area contributed by atoms with Gasteiger partial charge in [-0.3, -0.25) is 4.79 Å². The average Bonchev–Trinajstić information content (AvgIpc) is 2.56. The van der Waals surface area contributed by atoms with Crippen molar-refractivity contribution in [1.82, 2.24) is 10.3 Å². The molecule has 0 saturated carbocycles. The van der Waals surface area contributed by atoms with Crippen LogP contribution in [0.25, 0.3) is 0 Å². The topological polar surface area (TPSA) is 42.0 Å². The molecule has 0 unspecified atom stereocenters. The van der Waals surface area contributed by atoms with Crippen molar-refractivity contribution < 1.29 is 4.79 Å². The lowest BCUT2D eigenvalue weighted by Crippen LogP contribution is -2.29. The molecule has 1 aromatic rings. The van der Waals surface area contributed by atoms with Crippen LogP contribution in [0, 0.1) is 19.8 Å². The van der Waals surface area contributed by atoms with E-state index in [1.165, 1.54) is 0 Å². The molecule has 0 saturated heterocycles. The summed E-state index contributed by atoms with van der Waals surface area (Å²) < 4.78 is 0. The Morgan fingerprint density at radius 1 is 1.38 bits per heavy atom. The summed E-state index contributed by atoms with van der Waals surface area (Å²) in [5, 5.41) is 4.05. The number of amides is 1. The third-order valence-electron chi connectivity index (χ3n) is 2.78. The van der Waals surface area contributed by atoms with Crippen LogP contribution in [0.2, 0.25) is 0 Å². The van der Waals surface area contributed by atoms with Crippen molar-refractivity contribution in [2.75, 3.05) is 0 Å². The van der Waals surface area contributed by atoms with Crippen LogP contribution in [-0.4, -0.2) is 10.9 Å². The molecule has 0 aliphatic heterocycles. The number of hydrogen-bond acceptors (Lipinski definition) is 3. The zero-order valence-corrected chi connectivity index (χ0v) is 11.3. The Labute approximate surface area is 101 Å². The smallest absolute Gasteiger partial charge is 0.223 e. The first kappa shape index (κ1) is 13.2. The maximum absolute atomic E-state index is 11.8. The van der Waals surface area contributed by atoms with Gasteiger partial charge in [0, 0.05) is 10.8 Å². The van der Waals surface area contributed by atoms with E-state index in [0.29, 0.717) is 6.54 Å². The summed E-state index contributed by atoms with van der Waals surface area (Å²) in [6.07, 6.45) is 1.81. The van der Waals surface area contributed by atoms with Gasteiger partial charge in [-0.1, -0.05) is 13.8 Å². The van der Waals surface area contributed by atoms with Gasteiger partial charge in [0.25, 0.3) is 0 Å². The molecule has 1 N–H and O–H groups in total. The molecule has 0 spiro atoms. The second-order valence-electron chi connectivity index (χ2n) is 3.97. The van der Waals surface area contributed by atoms with E-state index in [4.69, 9.17) is 0 Å². The van der Waals surface area contributed by atoms with Crippen LogP contribution in [0.1, 0.15) is 42.3 Å². The summed E-state index contributed by atoms with van der Waals surface area (Å²) >= 11 is 1.66. The summed E-state index contributed by atoms with van der Waals surface area (Å²) in [5.41, 5.74) is 1.03. The molecule has 4 heteroatoms. The van der Waals surface area contributed by atoms with E-state index in [-0.39, 0.29) is 11.8 Å². The van der Waals surface area contributed by atoms with E-state index in [9.17, 15) is 4.79 Å². The minimum atomic E-state index is 0.148. The molecular formula is C12H20N2OS. The minimum Gasteiger partial charge on any atom is -0.351 e. The van der Waals surface area contributed by atoms with Crippen molar-refractivity contribution in [3.8, 4) is 0 Å². The lowest BCUT2D eigenvalue weighted by atomic mass is 10.0. The third kappa shape index (κ3) is 3.30. The molecule has 0 radical (unpaired) electrons. The number of nitrogens with zero attached hydrogens (tertiary/aromatic N) is 1. The number of aromatic nitrogens is 1. The Hall–Kier alpha value is -0.900. The summed E-state index contributed by atoms with van der Waals surface area (Å²) in [7, 11) is 0. The van der Waals surface area contributed by atoms with Crippen LogP contribution in [0.3, 0.4) is 0 Å². The Balaban J connectivity index is 2.51. The van der Waals surface area contributed by atoms with Crippen molar-refractivity contribution >= 4 is 17.2 Å². The van der Waals surface area contributed by atoms with E-state index in [0.717, 1.165) is 28.4 Å². The molecular weight excluding hydrogens is 220 g/mol. The second kappa shape index (κ2) is 5.99. The maximum Gasteiger partial charge on any atom is 0.223 e. The van der Waals surface area contributed by atoms with Gasteiger partial charge in [-0.05, 0) is 26.7 Å². The molecule has 0 bridgehead atoms. The monoisotopic (exact) mass is 240 g/mol. The summed E-state index contributed by atoms with van der Waals surface area (Å²) in [6, 6.07) is 0. The van der Waals surface area contributed by atoms with Gasteiger partial charge < -0.3 is 5.32 Å². The molecule has 1 amide bonds. The Morgan fingerprint density at radius 3 is 2.44 bits per heavy atom. The van der Waals surface area contributed by atoms with Crippen LogP contribution < -0.4 is 5.32 Å². The van der Waals surface area contributed by atoms with Gasteiger partial charge in [0.05, 0.1) is 17.2 Å². The van der Waals surface area contributed by atoms with E-state index in [2.05, 4.69) is 24.1 Å². The fraction of sp³-hybridized carbons (Fsp3) is 0.667. The number of carbonyl (C=O) groups excluding carboxylic acids is 1. The third-order valence-corrected chi connectivity index (χ3v) is 3.85. The lowest BCUT2D eigenvalue weighted by molar-refractivity contribution is -0.125. The number of hydrogen-bond donors (Lipinski definition) is 1. The number of thiazole rings is 1. The van der Waals surface area contributed by atoms with Gasteiger partial charge in [-0.2, -0.15) is 0 Å². The van der Waals surface area contributed by atoms with Crippen molar-refractivity contribution in [1.29, 1.82) is 0 Å². The van der Waals surface area contributed by atoms with Gasteiger partial charge in [-0.25, -0.2) is 4.98 Å². The highest BCUT2D eigenvalue weighted by molar-refractivity contribution is 7.11. The first-order valence-corrected chi connectivity index (χ1v) is 6.60. The first-order valence-electron chi connectivity index (χ1n) is 5.79. The molecule has 0 atom stereocenters. The quantitative estimate of drug-likeness (QED) is 0.860. The van der Waals surface area contributed by atoms with Crippen molar-refractivity contribution in [2.24, 2.45) is 5.92 Å². The molecule has 0 aliphatic carbocycles. The van der Waals surface area contributed by atoms with Gasteiger partial charge >= 0.3 is 0 Å². The Morgan fingerprint density at radius 2 is 2.00 bits per heavy atom. The second-order valence-corrected chi connectivity index (χ2v) is 5.26. The molecule has 90 valence electrons. The van der Waals surface area contributed by atoms with E-state index >= 15 is 0 Å². The molecule has 0 aliphatic rings. The van der Waals surface area contributed by atoms with Gasteiger partial charge in [-0.15, -0.1) is 11.3 Å². The van der Waals surface area contributed by atoms with Crippen LogP contribution in [-0.2, 0) is 11.3 Å². The van der Waals surface area contributed by atoms with E-state index < -0.39 is 0 Å². The lowest BCUT2D eigenvalue weighted by Gasteiger charge is -2.12. The van der Waals surface area contributed by atoms with Gasteiger partial charge in [0.1, 0.15) is 0 Å². The van der Waals surface area contributed by atoms with Crippen molar-refractivity contribution in [2.45, 2.75) is 47.1 Å². The van der Waals surface area contributed by atoms with Crippen molar-refractivity contribution in [3.05, 3.63) is 15.6 Å². The number of carbonyl (C=O) groups is 1. The highest BCUT2D eigenvalue weighted by Crippen LogP contribution is 2.17. The summed E-state index contributed by atoms with van der Waals surface area (Å²) in [5.74, 6) is 0.310. The zero-order valence-electron chi connectivity index (χ0n) is 10.5. The normalized spacial score (nSPS) is 10.8. The fourth-order valence-corrected chi connectivity index (χ4v) is 2.59. The van der Waals surface area contributed by atoms with Gasteiger partial charge in [0.15, 0.2) is 0 Å². The molecule has 1 aromatic heterocycles. The predicted molar refractivity (Wildman–Crippen MR) is 67.5 cm³/mol. The largest absolute Gasteiger partial charge is 0.351 e. The van der Waals surface area contributed by atoms with E-state index in [1.807, 2.05) is 13.8 Å². The Bertz CT molecular complexity index is 356. The maximum atomic E-state index is 11.8. The highest BCUT2D eigenvalue weighted by atomic mass is 32.1.